The average molecular weight is 422 g/mol. The van der Waals surface area contributed by atoms with E-state index in [4.69, 9.17) is 4.74 Å². The molecule has 1 aromatic heterocycles. The van der Waals surface area contributed by atoms with Crippen LogP contribution in [-0.4, -0.2) is 50.8 Å². The van der Waals surface area contributed by atoms with Gasteiger partial charge in [-0.25, -0.2) is 0 Å². The molecular weight excluding hydrogens is 390 g/mol. The Bertz CT molecular complexity index is 977. The van der Waals surface area contributed by atoms with Gasteiger partial charge in [0.15, 0.2) is 0 Å². The molecule has 1 N–H and O–H groups in total. The van der Waals surface area contributed by atoms with Crippen molar-refractivity contribution < 1.29 is 4.74 Å². The monoisotopic (exact) mass is 421 g/mol. The van der Waals surface area contributed by atoms with Crippen LogP contribution in [0.2, 0.25) is 0 Å². The summed E-state index contributed by atoms with van der Waals surface area (Å²) in [7, 11) is 0. The molecule has 0 spiro atoms. The van der Waals surface area contributed by atoms with Gasteiger partial charge in [-0.3, -0.25) is 4.90 Å². The third kappa shape index (κ3) is 4.48. The molecule has 0 aliphatic carbocycles. The molecule has 0 radical (unpaired) electrons. The van der Waals surface area contributed by atoms with Crippen molar-refractivity contribution >= 4 is 27.1 Å². The minimum Gasteiger partial charge on any atom is -0.494 e. The Morgan fingerprint density at radius 1 is 0.967 bits per heavy atom. The molecule has 3 heterocycles. The molecule has 0 bridgehead atoms. The van der Waals surface area contributed by atoms with Gasteiger partial charge in [0, 0.05) is 48.5 Å². The number of nitrogens with zero attached hydrogens (tertiary/aromatic N) is 2. The first kappa shape index (κ1) is 19.9. The van der Waals surface area contributed by atoms with Crippen LogP contribution in [0, 0.1) is 0 Å². The van der Waals surface area contributed by atoms with Crippen LogP contribution in [-0.2, 0) is 13.0 Å². The van der Waals surface area contributed by atoms with Gasteiger partial charge >= 0.3 is 0 Å². The molecule has 3 aromatic rings. The number of unbranched alkanes of at least 4 members (excludes halogenated alkanes) is 1. The molecule has 4 nitrogen and oxygen atoms in total. The Morgan fingerprint density at radius 2 is 1.90 bits per heavy atom. The number of nitrogens with one attached hydrogen (secondary N) is 1. The van der Waals surface area contributed by atoms with Crippen LogP contribution >= 0.6 is 11.3 Å². The van der Waals surface area contributed by atoms with Crippen LogP contribution in [0.1, 0.15) is 24.0 Å². The minimum atomic E-state index is 0.812. The summed E-state index contributed by atoms with van der Waals surface area (Å²) in [6.45, 7) is 8.59. The van der Waals surface area contributed by atoms with E-state index in [1.54, 1.807) is 0 Å². The Kier molecular flexibility index (Phi) is 6.21. The Labute approximate surface area is 183 Å². The maximum atomic E-state index is 6.02. The SMILES string of the molecule is c1cc(N2CCN(CCCCOc3ccc4c(c3)CNCC4)CC2)c2ccsc2c1. The van der Waals surface area contributed by atoms with Crippen LogP contribution in [0.4, 0.5) is 5.69 Å². The van der Waals surface area contributed by atoms with Crippen molar-refractivity contribution in [2.45, 2.75) is 25.8 Å². The van der Waals surface area contributed by atoms with Gasteiger partial charge in [-0.15, -0.1) is 11.3 Å². The summed E-state index contributed by atoms with van der Waals surface area (Å²) < 4.78 is 7.41. The zero-order valence-electron chi connectivity index (χ0n) is 17.6. The lowest BCUT2D eigenvalue weighted by Gasteiger charge is -2.36. The maximum absolute atomic E-state index is 6.02. The molecule has 5 heteroatoms. The van der Waals surface area contributed by atoms with Gasteiger partial charge in [-0.2, -0.15) is 0 Å². The number of hydrogen-bond acceptors (Lipinski definition) is 5. The van der Waals surface area contributed by atoms with Crippen LogP contribution in [0.3, 0.4) is 0 Å². The summed E-state index contributed by atoms with van der Waals surface area (Å²) in [6, 6.07) is 15.6. The van der Waals surface area contributed by atoms with Crippen molar-refractivity contribution in [3.8, 4) is 5.75 Å². The first-order valence-corrected chi connectivity index (χ1v) is 12.1. The zero-order chi connectivity index (χ0) is 20.2. The highest BCUT2D eigenvalue weighted by Crippen LogP contribution is 2.31. The topological polar surface area (TPSA) is 27.7 Å². The van der Waals surface area contributed by atoms with Gasteiger partial charge in [0.05, 0.1) is 6.61 Å². The summed E-state index contributed by atoms with van der Waals surface area (Å²) in [5.41, 5.74) is 4.27. The van der Waals surface area contributed by atoms with E-state index < -0.39 is 0 Å². The third-order valence-corrected chi connectivity index (χ3v) is 7.27. The molecule has 1 fully saturated rings. The van der Waals surface area contributed by atoms with Crippen LogP contribution < -0.4 is 15.0 Å². The summed E-state index contributed by atoms with van der Waals surface area (Å²) >= 11 is 1.83. The van der Waals surface area contributed by atoms with E-state index in [9.17, 15) is 0 Å². The largest absolute Gasteiger partial charge is 0.494 e. The smallest absolute Gasteiger partial charge is 0.119 e. The molecular formula is C25H31N3OS. The van der Waals surface area contributed by atoms with Crippen molar-refractivity contribution in [1.29, 1.82) is 0 Å². The molecule has 0 saturated carbocycles. The predicted octanol–water partition coefficient (Wildman–Crippen LogP) is 4.53. The van der Waals surface area contributed by atoms with Crippen LogP contribution in [0.15, 0.2) is 47.8 Å². The number of thiophene rings is 1. The highest BCUT2D eigenvalue weighted by molar-refractivity contribution is 7.17. The number of benzene rings is 2. The highest BCUT2D eigenvalue weighted by atomic mass is 32.1. The summed E-state index contributed by atoms with van der Waals surface area (Å²) in [5, 5.41) is 7.05. The second-order valence-electron chi connectivity index (χ2n) is 8.35. The predicted molar refractivity (Wildman–Crippen MR) is 127 cm³/mol. The second-order valence-corrected chi connectivity index (χ2v) is 9.30. The number of fused-ring (bicyclic) bond motifs is 2. The van der Waals surface area contributed by atoms with Crippen molar-refractivity contribution in [1.82, 2.24) is 10.2 Å². The Hall–Kier alpha value is -2.08. The van der Waals surface area contributed by atoms with Gasteiger partial charge in [0.25, 0.3) is 0 Å². The molecule has 1 saturated heterocycles. The fraction of sp³-hybridized carbons (Fsp3) is 0.440. The van der Waals surface area contributed by atoms with Crippen molar-refractivity contribution in [2.24, 2.45) is 0 Å². The standard InChI is InChI=1S/C25H31N3OS/c1(2-16-29-22-7-6-20-8-10-26-19-21(20)18-22)11-27-12-14-28(15-13-27)24-4-3-5-25-23(24)9-17-30-25/h3-7,9,17-18,26H,1-2,8,10-16,19H2. The van der Waals surface area contributed by atoms with Gasteiger partial charge in [0.1, 0.15) is 5.75 Å². The molecule has 0 unspecified atom stereocenters. The quantitative estimate of drug-likeness (QED) is 0.568. The molecule has 30 heavy (non-hydrogen) atoms. The molecule has 2 aromatic carbocycles. The Morgan fingerprint density at radius 3 is 2.83 bits per heavy atom. The van der Waals surface area contributed by atoms with Gasteiger partial charge < -0.3 is 15.0 Å². The summed E-state index contributed by atoms with van der Waals surface area (Å²) in [4.78, 5) is 5.16. The Balaban J connectivity index is 1.03. The van der Waals surface area contributed by atoms with Crippen LogP contribution in [0.5, 0.6) is 5.75 Å². The van der Waals surface area contributed by atoms with Crippen molar-refractivity contribution in [3.63, 3.8) is 0 Å². The first-order valence-electron chi connectivity index (χ1n) is 11.3. The van der Waals surface area contributed by atoms with Crippen LogP contribution in [0.25, 0.3) is 10.1 Å². The lowest BCUT2D eigenvalue weighted by atomic mass is 10.0. The molecule has 0 atom stereocenters. The number of anilines is 1. The number of ether oxygens (including phenoxy) is 1. The molecule has 158 valence electrons. The van der Waals surface area contributed by atoms with E-state index in [0.29, 0.717) is 0 Å². The summed E-state index contributed by atoms with van der Waals surface area (Å²) in [6.07, 6.45) is 3.45. The number of hydrogen-bond donors (Lipinski definition) is 1. The van der Waals surface area contributed by atoms with E-state index in [-0.39, 0.29) is 0 Å². The molecule has 5 rings (SSSR count). The fourth-order valence-electron chi connectivity index (χ4n) is 4.64. The number of piperazine rings is 1. The fourth-order valence-corrected chi connectivity index (χ4v) is 5.45. The van der Waals surface area contributed by atoms with Gasteiger partial charge in [0.2, 0.25) is 0 Å². The van der Waals surface area contributed by atoms with E-state index in [2.05, 4.69) is 63.0 Å². The maximum Gasteiger partial charge on any atom is 0.119 e. The average Bonchev–Trinajstić information content (AvgIpc) is 3.28. The zero-order valence-corrected chi connectivity index (χ0v) is 18.4. The van der Waals surface area contributed by atoms with E-state index >= 15 is 0 Å². The molecule has 2 aliphatic heterocycles. The highest BCUT2D eigenvalue weighted by Gasteiger charge is 2.18. The van der Waals surface area contributed by atoms with Gasteiger partial charge in [-0.1, -0.05) is 12.1 Å². The normalized spacial score (nSPS) is 17.3. The lowest BCUT2D eigenvalue weighted by molar-refractivity contribution is 0.238. The molecule has 2 aliphatic rings. The third-order valence-electron chi connectivity index (χ3n) is 6.39. The van der Waals surface area contributed by atoms with E-state index in [0.717, 1.165) is 64.5 Å². The van der Waals surface area contributed by atoms with E-state index in [1.165, 1.54) is 39.9 Å². The number of rotatable bonds is 7. The first-order chi connectivity index (χ1) is 14.9. The lowest BCUT2D eigenvalue weighted by Crippen LogP contribution is -2.46. The van der Waals surface area contributed by atoms with Crippen molar-refractivity contribution in [2.75, 3.05) is 50.8 Å². The second kappa shape index (κ2) is 9.38. The van der Waals surface area contributed by atoms with Crippen molar-refractivity contribution in [3.05, 3.63) is 59.0 Å². The van der Waals surface area contributed by atoms with E-state index in [1.807, 2.05) is 11.3 Å². The summed E-state index contributed by atoms with van der Waals surface area (Å²) in [5.74, 6) is 1.02. The molecule has 0 amide bonds. The minimum absolute atomic E-state index is 0.812. The van der Waals surface area contributed by atoms with Gasteiger partial charge in [-0.05, 0) is 79.2 Å².